The highest BCUT2D eigenvalue weighted by atomic mass is 19.1. The zero-order chi connectivity index (χ0) is 21.5. The molecule has 3 aromatic rings. The van der Waals surface area contributed by atoms with Crippen LogP contribution < -0.4 is 16.0 Å². The minimum Gasteiger partial charge on any atom is -0.356 e. The van der Waals surface area contributed by atoms with Crippen LogP contribution in [0.3, 0.4) is 0 Å². The van der Waals surface area contributed by atoms with Gasteiger partial charge in [-0.15, -0.1) is 0 Å². The van der Waals surface area contributed by atoms with E-state index in [1.54, 1.807) is 12.1 Å². The number of benzene rings is 2. The Morgan fingerprint density at radius 3 is 2.39 bits per heavy atom. The van der Waals surface area contributed by atoms with Gasteiger partial charge in [0.25, 0.3) is 5.91 Å². The van der Waals surface area contributed by atoms with Gasteiger partial charge in [0, 0.05) is 18.8 Å². The lowest BCUT2D eigenvalue weighted by molar-refractivity contribution is -0.120. The van der Waals surface area contributed by atoms with Crippen molar-refractivity contribution in [1.29, 1.82) is 0 Å². The van der Waals surface area contributed by atoms with Gasteiger partial charge in [0.1, 0.15) is 17.5 Å². The highest BCUT2D eigenvalue weighted by Crippen LogP contribution is 2.33. The van der Waals surface area contributed by atoms with Crippen LogP contribution in [0, 0.1) is 11.6 Å². The lowest BCUT2D eigenvalue weighted by atomic mass is 9.97. The molecule has 156 valence electrons. The van der Waals surface area contributed by atoms with E-state index in [-0.39, 0.29) is 41.4 Å². The fraction of sp³-hybridized carbons (Fsp3) is 0.174. The average Bonchev–Trinajstić information content (AvgIpc) is 3.34. The van der Waals surface area contributed by atoms with Gasteiger partial charge in [-0.2, -0.15) is 0 Å². The van der Waals surface area contributed by atoms with Crippen molar-refractivity contribution in [3.63, 3.8) is 0 Å². The van der Waals surface area contributed by atoms with E-state index in [2.05, 4.69) is 20.9 Å². The summed E-state index contributed by atoms with van der Waals surface area (Å²) >= 11 is 0. The molecule has 2 aliphatic heterocycles. The molecule has 1 saturated heterocycles. The Labute approximate surface area is 176 Å². The van der Waals surface area contributed by atoms with Crippen LogP contribution in [0.1, 0.15) is 33.8 Å². The first-order valence-electron chi connectivity index (χ1n) is 9.92. The number of halogens is 2. The number of fused-ring (bicyclic) bond motifs is 1. The van der Waals surface area contributed by atoms with E-state index >= 15 is 0 Å². The van der Waals surface area contributed by atoms with Crippen LogP contribution >= 0.6 is 0 Å². The van der Waals surface area contributed by atoms with E-state index in [0.29, 0.717) is 23.4 Å². The molecule has 0 radical (unpaired) electrons. The number of nitrogens with one attached hydrogen (secondary N) is 3. The number of pyridine rings is 1. The van der Waals surface area contributed by atoms with Crippen LogP contribution in [0.15, 0.2) is 48.5 Å². The third kappa shape index (κ3) is 3.39. The smallest absolute Gasteiger partial charge is 0.255 e. The molecular formula is C23H18F2N4O2. The molecule has 2 aromatic carbocycles. The third-order valence-electron chi connectivity index (χ3n) is 5.61. The van der Waals surface area contributed by atoms with Gasteiger partial charge >= 0.3 is 0 Å². The van der Waals surface area contributed by atoms with Crippen molar-refractivity contribution in [2.75, 3.05) is 11.9 Å². The summed E-state index contributed by atoms with van der Waals surface area (Å²) in [6.07, 6.45) is 0.747. The minimum atomic E-state index is -0.727. The number of hydrogen-bond donors (Lipinski definition) is 3. The number of amides is 2. The standard InChI is InChI=1S/C23H18F2N4O2/c24-16-2-1-3-17(25)20(16)18-10-13-11-27-23(31)19(13)21(29-18)28-14-6-4-12(5-7-14)15-8-9-26-22(15)30/h1-7,10,15H,8-9,11H2,(H,26,30)(H,27,31)(H,28,29)/t15-/m1/s1. The first kappa shape index (κ1) is 19.2. The number of hydrogen-bond acceptors (Lipinski definition) is 4. The predicted octanol–water partition coefficient (Wildman–Crippen LogP) is 3.62. The van der Waals surface area contributed by atoms with Crippen LogP contribution in [0.25, 0.3) is 11.3 Å². The lowest BCUT2D eigenvalue weighted by Crippen LogP contribution is -2.17. The van der Waals surface area contributed by atoms with Crippen LogP contribution in [-0.4, -0.2) is 23.3 Å². The van der Waals surface area contributed by atoms with Crippen LogP contribution in [0.5, 0.6) is 0 Å². The van der Waals surface area contributed by atoms with E-state index in [0.717, 1.165) is 12.0 Å². The first-order chi connectivity index (χ1) is 15.0. The summed E-state index contributed by atoms with van der Waals surface area (Å²) in [6, 6.07) is 12.4. The predicted molar refractivity (Wildman–Crippen MR) is 111 cm³/mol. The molecule has 0 aliphatic carbocycles. The third-order valence-corrected chi connectivity index (χ3v) is 5.61. The van der Waals surface area contributed by atoms with Gasteiger partial charge in [-0.1, -0.05) is 18.2 Å². The summed E-state index contributed by atoms with van der Waals surface area (Å²) in [6.45, 7) is 0.915. The molecule has 6 nitrogen and oxygen atoms in total. The molecule has 5 rings (SSSR count). The SMILES string of the molecule is O=C1NCc2cc(-c3c(F)cccc3F)nc(Nc3ccc([C@H]4CCNC4=O)cc3)c21. The Kier molecular flexibility index (Phi) is 4.62. The summed E-state index contributed by atoms with van der Waals surface area (Å²) in [7, 11) is 0. The molecule has 0 spiro atoms. The van der Waals surface area contributed by atoms with Crippen molar-refractivity contribution < 1.29 is 18.4 Å². The van der Waals surface area contributed by atoms with Crippen LogP contribution in [-0.2, 0) is 11.3 Å². The zero-order valence-corrected chi connectivity index (χ0v) is 16.3. The molecule has 2 amide bonds. The average molecular weight is 420 g/mol. The summed E-state index contributed by atoms with van der Waals surface area (Å²) < 4.78 is 28.7. The maximum Gasteiger partial charge on any atom is 0.255 e. The molecule has 0 saturated carbocycles. The molecule has 8 heteroatoms. The van der Waals surface area contributed by atoms with E-state index in [9.17, 15) is 18.4 Å². The molecule has 1 aromatic heterocycles. The molecule has 1 atom stereocenters. The Morgan fingerprint density at radius 1 is 0.968 bits per heavy atom. The molecule has 0 bridgehead atoms. The molecular weight excluding hydrogens is 402 g/mol. The molecule has 1 fully saturated rings. The fourth-order valence-corrected chi connectivity index (χ4v) is 4.06. The Balaban J connectivity index is 1.52. The Hall–Kier alpha value is -3.81. The number of aromatic nitrogens is 1. The first-order valence-corrected chi connectivity index (χ1v) is 9.92. The minimum absolute atomic E-state index is 0.0106. The van der Waals surface area contributed by atoms with Gasteiger partial charge in [0.05, 0.1) is 22.7 Å². The topological polar surface area (TPSA) is 83.1 Å². The summed E-state index contributed by atoms with van der Waals surface area (Å²) in [5, 5.41) is 8.63. The van der Waals surface area contributed by atoms with Gasteiger partial charge in [-0.25, -0.2) is 13.8 Å². The molecule has 31 heavy (non-hydrogen) atoms. The second-order valence-electron chi connectivity index (χ2n) is 7.55. The van der Waals surface area contributed by atoms with E-state index < -0.39 is 11.6 Å². The maximum atomic E-state index is 14.3. The van der Waals surface area contributed by atoms with E-state index in [4.69, 9.17) is 0 Å². The zero-order valence-electron chi connectivity index (χ0n) is 16.3. The fourth-order valence-electron chi connectivity index (χ4n) is 4.06. The van der Waals surface area contributed by atoms with Gasteiger partial charge in [-0.3, -0.25) is 9.59 Å². The number of nitrogens with zero attached hydrogens (tertiary/aromatic N) is 1. The summed E-state index contributed by atoms with van der Waals surface area (Å²) in [4.78, 5) is 28.6. The monoisotopic (exact) mass is 420 g/mol. The summed E-state index contributed by atoms with van der Waals surface area (Å²) in [5.41, 5.74) is 2.36. The van der Waals surface area contributed by atoms with Crippen LogP contribution in [0.2, 0.25) is 0 Å². The van der Waals surface area contributed by atoms with E-state index in [1.807, 2.05) is 12.1 Å². The maximum absolute atomic E-state index is 14.3. The normalized spacial score (nSPS) is 17.3. The molecule has 3 N–H and O–H groups in total. The van der Waals surface area contributed by atoms with Gasteiger partial charge in [0.2, 0.25) is 5.91 Å². The molecule has 3 heterocycles. The largest absolute Gasteiger partial charge is 0.356 e. The highest BCUT2D eigenvalue weighted by Gasteiger charge is 2.28. The quantitative estimate of drug-likeness (QED) is 0.602. The number of carbonyl (C=O) groups excluding carboxylic acids is 2. The van der Waals surface area contributed by atoms with Crippen molar-refractivity contribution in [1.82, 2.24) is 15.6 Å². The van der Waals surface area contributed by atoms with Gasteiger partial charge in [0.15, 0.2) is 0 Å². The second-order valence-corrected chi connectivity index (χ2v) is 7.55. The van der Waals surface area contributed by atoms with Crippen molar-refractivity contribution in [2.45, 2.75) is 18.9 Å². The second kappa shape index (κ2) is 7.46. The van der Waals surface area contributed by atoms with Crippen molar-refractivity contribution in [2.24, 2.45) is 0 Å². The Morgan fingerprint density at radius 2 is 1.71 bits per heavy atom. The molecule has 2 aliphatic rings. The highest BCUT2D eigenvalue weighted by molar-refractivity contribution is 6.03. The van der Waals surface area contributed by atoms with Crippen molar-refractivity contribution in [3.8, 4) is 11.3 Å². The van der Waals surface area contributed by atoms with E-state index in [1.165, 1.54) is 24.3 Å². The Bertz CT molecular complexity index is 1190. The van der Waals surface area contributed by atoms with Gasteiger partial charge < -0.3 is 16.0 Å². The lowest BCUT2D eigenvalue weighted by Gasteiger charge is -2.14. The van der Waals surface area contributed by atoms with Crippen molar-refractivity contribution >= 4 is 23.3 Å². The van der Waals surface area contributed by atoms with Crippen molar-refractivity contribution in [3.05, 3.63) is 76.9 Å². The van der Waals surface area contributed by atoms with Gasteiger partial charge in [-0.05, 0) is 47.9 Å². The number of carbonyl (C=O) groups is 2. The van der Waals surface area contributed by atoms with Crippen LogP contribution in [0.4, 0.5) is 20.3 Å². The number of anilines is 2. The summed E-state index contributed by atoms with van der Waals surface area (Å²) in [5.74, 6) is -1.70. The molecule has 0 unspecified atom stereocenters. The number of rotatable bonds is 4.